The summed E-state index contributed by atoms with van der Waals surface area (Å²) in [5, 5.41) is 9.19. The SMILES string of the molecule is O=C(O)C1CCCN1Cc1cc(=O)n2cc(Br)ccc2n1. The fourth-order valence-corrected chi connectivity index (χ4v) is 3.05. The van der Waals surface area contributed by atoms with E-state index in [1.807, 2.05) is 11.0 Å². The average Bonchev–Trinajstić information content (AvgIpc) is 2.88. The summed E-state index contributed by atoms with van der Waals surface area (Å²) < 4.78 is 2.27. The number of carboxylic acid groups (broad SMARTS) is 1. The average molecular weight is 352 g/mol. The number of carboxylic acids is 1. The molecule has 1 saturated heterocycles. The van der Waals surface area contributed by atoms with Crippen molar-refractivity contribution >= 4 is 27.5 Å². The molecule has 1 fully saturated rings. The number of fused-ring (bicyclic) bond motifs is 1. The van der Waals surface area contributed by atoms with Crippen molar-refractivity contribution in [2.24, 2.45) is 0 Å². The number of pyridine rings is 1. The van der Waals surface area contributed by atoms with Crippen molar-refractivity contribution in [3.8, 4) is 0 Å². The van der Waals surface area contributed by atoms with E-state index in [1.54, 1.807) is 12.3 Å². The molecule has 1 atom stereocenters. The predicted molar refractivity (Wildman–Crippen MR) is 80.2 cm³/mol. The van der Waals surface area contributed by atoms with Gasteiger partial charge in [0.2, 0.25) is 0 Å². The van der Waals surface area contributed by atoms with Crippen LogP contribution < -0.4 is 5.56 Å². The number of likely N-dealkylation sites (tertiary alicyclic amines) is 1. The van der Waals surface area contributed by atoms with Crippen molar-refractivity contribution < 1.29 is 9.90 Å². The summed E-state index contributed by atoms with van der Waals surface area (Å²) in [6, 6.07) is 4.57. The lowest BCUT2D eigenvalue weighted by Gasteiger charge is -2.20. The smallest absolute Gasteiger partial charge is 0.320 e. The predicted octanol–water partition coefficient (Wildman–Crippen LogP) is 1.51. The van der Waals surface area contributed by atoms with Crippen LogP contribution in [0.2, 0.25) is 0 Å². The van der Waals surface area contributed by atoms with Crippen LogP contribution in [-0.2, 0) is 11.3 Å². The van der Waals surface area contributed by atoms with E-state index in [0.717, 1.165) is 17.4 Å². The first-order valence-corrected chi connectivity index (χ1v) is 7.48. The fourth-order valence-electron chi connectivity index (χ4n) is 2.71. The molecule has 0 aliphatic carbocycles. The summed E-state index contributed by atoms with van der Waals surface area (Å²) in [7, 11) is 0. The number of hydrogen-bond acceptors (Lipinski definition) is 4. The van der Waals surface area contributed by atoms with Gasteiger partial charge in [0.1, 0.15) is 11.7 Å². The Balaban J connectivity index is 1.93. The highest BCUT2D eigenvalue weighted by atomic mass is 79.9. The number of aliphatic carboxylic acids is 1. The first-order valence-electron chi connectivity index (χ1n) is 6.69. The first kappa shape index (κ1) is 14.2. The molecule has 1 aliphatic rings. The van der Waals surface area contributed by atoms with E-state index in [0.29, 0.717) is 24.3 Å². The number of aromatic nitrogens is 2. The number of hydrogen-bond donors (Lipinski definition) is 1. The Hall–Kier alpha value is -1.73. The molecule has 7 heteroatoms. The minimum Gasteiger partial charge on any atom is -0.480 e. The monoisotopic (exact) mass is 351 g/mol. The van der Waals surface area contributed by atoms with E-state index in [1.165, 1.54) is 10.5 Å². The van der Waals surface area contributed by atoms with E-state index in [4.69, 9.17) is 0 Å². The zero-order valence-electron chi connectivity index (χ0n) is 11.2. The van der Waals surface area contributed by atoms with Gasteiger partial charge in [0, 0.05) is 23.3 Å². The normalized spacial score (nSPS) is 19.2. The van der Waals surface area contributed by atoms with Gasteiger partial charge in [-0.05, 0) is 47.4 Å². The molecule has 3 heterocycles. The van der Waals surface area contributed by atoms with Crippen molar-refractivity contribution in [2.45, 2.75) is 25.4 Å². The van der Waals surface area contributed by atoms with Gasteiger partial charge in [-0.2, -0.15) is 0 Å². The van der Waals surface area contributed by atoms with Gasteiger partial charge in [0.05, 0.1) is 5.69 Å². The second-order valence-electron chi connectivity index (χ2n) is 5.13. The Labute approximate surface area is 129 Å². The second-order valence-corrected chi connectivity index (χ2v) is 6.04. The molecular weight excluding hydrogens is 338 g/mol. The molecule has 0 spiro atoms. The van der Waals surface area contributed by atoms with Crippen LogP contribution in [0.5, 0.6) is 0 Å². The van der Waals surface area contributed by atoms with Gasteiger partial charge in [-0.1, -0.05) is 0 Å². The highest BCUT2D eigenvalue weighted by molar-refractivity contribution is 9.10. The molecule has 21 heavy (non-hydrogen) atoms. The van der Waals surface area contributed by atoms with Crippen LogP contribution in [0.4, 0.5) is 0 Å². The van der Waals surface area contributed by atoms with Crippen molar-refractivity contribution in [2.75, 3.05) is 6.54 Å². The Morgan fingerprint density at radius 3 is 3.05 bits per heavy atom. The van der Waals surface area contributed by atoms with Gasteiger partial charge in [0.25, 0.3) is 5.56 Å². The first-order chi connectivity index (χ1) is 10.0. The lowest BCUT2D eigenvalue weighted by molar-refractivity contribution is -0.142. The van der Waals surface area contributed by atoms with Crippen molar-refractivity contribution in [1.82, 2.24) is 14.3 Å². The van der Waals surface area contributed by atoms with E-state index in [-0.39, 0.29) is 5.56 Å². The van der Waals surface area contributed by atoms with E-state index >= 15 is 0 Å². The van der Waals surface area contributed by atoms with Gasteiger partial charge < -0.3 is 5.11 Å². The molecule has 0 bridgehead atoms. The maximum atomic E-state index is 12.1. The number of halogens is 1. The molecule has 3 rings (SSSR count). The molecule has 2 aromatic heterocycles. The summed E-state index contributed by atoms with van der Waals surface area (Å²) >= 11 is 3.32. The highest BCUT2D eigenvalue weighted by Gasteiger charge is 2.30. The van der Waals surface area contributed by atoms with Crippen LogP contribution in [0.15, 0.2) is 33.7 Å². The van der Waals surface area contributed by atoms with Crippen molar-refractivity contribution in [3.63, 3.8) is 0 Å². The fraction of sp³-hybridized carbons (Fsp3) is 0.357. The summed E-state index contributed by atoms with van der Waals surface area (Å²) in [6.07, 6.45) is 3.18. The Kier molecular flexibility index (Phi) is 3.77. The molecule has 1 unspecified atom stereocenters. The lowest BCUT2D eigenvalue weighted by atomic mass is 10.2. The van der Waals surface area contributed by atoms with E-state index < -0.39 is 12.0 Å². The van der Waals surface area contributed by atoms with Gasteiger partial charge in [-0.3, -0.25) is 18.9 Å². The van der Waals surface area contributed by atoms with E-state index in [2.05, 4.69) is 20.9 Å². The highest BCUT2D eigenvalue weighted by Crippen LogP contribution is 2.19. The Bertz CT molecular complexity index is 759. The quantitative estimate of drug-likeness (QED) is 0.906. The molecule has 0 radical (unpaired) electrons. The summed E-state index contributed by atoms with van der Waals surface area (Å²) in [5.41, 5.74) is 1.00. The zero-order valence-corrected chi connectivity index (χ0v) is 12.8. The van der Waals surface area contributed by atoms with Gasteiger partial charge in [-0.15, -0.1) is 0 Å². The third kappa shape index (κ3) is 2.84. The second kappa shape index (κ2) is 5.57. The Morgan fingerprint density at radius 1 is 1.48 bits per heavy atom. The minimum atomic E-state index is -0.811. The molecule has 1 aliphatic heterocycles. The van der Waals surface area contributed by atoms with Crippen LogP contribution in [0, 0.1) is 0 Å². The van der Waals surface area contributed by atoms with Crippen LogP contribution in [0.25, 0.3) is 5.65 Å². The van der Waals surface area contributed by atoms with Crippen LogP contribution in [-0.4, -0.2) is 37.9 Å². The third-order valence-electron chi connectivity index (χ3n) is 3.69. The molecule has 0 aromatic carbocycles. The number of nitrogens with zero attached hydrogens (tertiary/aromatic N) is 3. The third-order valence-corrected chi connectivity index (χ3v) is 4.16. The summed E-state index contributed by atoms with van der Waals surface area (Å²) in [5.74, 6) is -0.811. The topological polar surface area (TPSA) is 74.9 Å². The Morgan fingerprint density at radius 2 is 2.29 bits per heavy atom. The lowest BCUT2D eigenvalue weighted by Crippen LogP contribution is -2.36. The summed E-state index contributed by atoms with van der Waals surface area (Å²) in [4.78, 5) is 29.6. The summed E-state index contributed by atoms with van der Waals surface area (Å²) in [6.45, 7) is 1.11. The molecule has 6 nitrogen and oxygen atoms in total. The van der Waals surface area contributed by atoms with E-state index in [9.17, 15) is 14.7 Å². The van der Waals surface area contributed by atoms with Crippen LogP contribution >= 0.6 is 15.9 Å². The molecule has 1 N–H and O–H groups in total. The zero-order chi connectivity index (χ0) is 15.0. The molecule has 0 saturated carbocycles. The van der Waals surface area contributed by atoms with Crippen molar-refractivity contribution in [3.05, 3.63) is 44.9 Å². The minimum absolute atomic E-state index is 0.164. The van der Waals surface area contributed by atoms with Gasteiger partial charge in [0.15, 0.2) is 0 Å². The number of carbonyl (C=O) groups is 1. The molecule has 110 valence electrons. The molecule has 2 aromatic rings. The standard InChI is InChI=1S/C14H14BrN3O3/c15-9-3-4-12-16-10(6-13(19)18(12)7-9)8-17-5-1-2-11(17)14(20)21/h3-4,6-7,11H,1-2,5,8H2,(H,20,21). The van der Waals surface area contributed by atoms with Crippen molar-refractivity contribution in [1.29, 1.82) is 0 Å². The van der Waals surface area contributed by atoms with Crippen LogP contribution in [0.1, 0.15) is 18.5 Å². The van der Waals surface area contributed by atoms with Gasteiger partial charge >= 0.3 is 5.97 Å². The number of rotatable bonds is 3. The molecular formula is C14H14BrN3O3. The molecule has 0 amide bonds. The van der Waals surface area contributed by atoms with Gasteiger partial charge in [-0.25, -0.2) is 4.98 Å². The maximum absolute atomic E-state index is 12.1. The largest absolute Gasteiger partial charge is 0.480 e. The van der Waals surface area contributed by atoms with Crippen LogP contribution in [0.3, 0.4) is 0 Å². The maximum Gasteiger partial charge on any atom is 0.320 e.